The molecule has 0 radical (unpaired) electrons. The van der Waals surface area contributed by atoms with Gasteiger partial charge in [-0.15, -0.1) is 0 Å². The van der Waals surface area contributed by atoms with Crippen LogP contribution in [-0.2, 0) is 19.7 Å². The van der Waals surface area contributed by atoms with Crippen LogP contribution in [-0.4, -0.2) is 53.6 Å². The summed E-state index contributed by atoms with van der Waals surface area (Å²) in [6, 6.07) is 15.5. The SMILES string of the molecule is N#Cc1ccc(NC(=O)C[N+]23CCC(CC2)C(OC(=O)C2(c4ccccc4)CCCCCC2)C3)nc1. The van der Waals surface area contributed by atoms with E-state index in [1.54, 1.807) is 12.1 Å². The molecule has 3 saturated heterocycles. The van der Waals surface area contributed by atoms with Crippen molar-refractivity contribution in [3.8, 4) is 6.07 Å². The van der Waals surface area contributed by atoms with Gasteiger partial charge in [0.2, 0.25) is 0 Å². The van der Waals surface area contributed by atoms with Crippen molar-refractivity contribution in [1.82, 2.24) is 4.98 Å². The molecule has 3 aliphatic heterocycles. The lowest BCUT2D eigenvalue weighted by Crippen LogP contribution is -2.66. The van der Waals surface area contributed by atoms with Crippen LogP contribution in [0.15, 0.2) is 48.7 Å². The smallest absolute Gasteiger partial charge is 0.317 e. The molecule has 7 nitrogen and oxygen atoms in total. The van der Waals surface area contributed by atoms with Gasteiger partial charge in [-0.3, -0.25) is 9.59 Å². The maximum Gasteiger partial charge on any atom is 0.317 e. The number of nitriles is 1. The van der Waals surface area contributed by atoms with Gasteiger partial charge in [0.05, 0.1) is 24.1 Å². The summed E-state index contributed by atoms with van der Waals surface area (Å²) in [7, 11) is 0. The lowest BCUT2D eigenvalue weighted by molar-refractivity contribution is -0.939. The molecule has 4 fully saturated rings. The molecule has 7 heteroatoms. The summed E-state index contributed by atoms with van der Waals surface area (Å²) >= 11 is 0. The van der Waals surface area contributed by atoms with Crippen LogP contribution in [0.3, 0.4) is 0 Å². The molecule has 1 aromatic carbocycles. The predicted octanol–water partition coefficient (Wildman–Crippen LogP) is 4.34. The van der Waals surface area contributed by atoms with Gasteiger partial charge in [-0.2, -0.15) is 5.26 Å². The Balaban J connectivity index is 1.28. The Morgan fingerprint density at radius 2 is 1.78 bits per heavy atom. The predicted molar refractivity (Wildman–Crippen MR) is 136 cm³/mol. The maximum absolute atomic E-state index is 13.9. The number of pyridine rings is 1. The van der Waals surface area contributed by atoms with Crippen LogP contribution in [0, 0.1) is 17.2 Å². The normalized spacial score (nSPS) is 26.9. The van der Waals surface area contributed by atoms with Crippen LogP contribution in [0.5, 0.6) is 0 Å². The Bertz CT molecular complexity index is 1110. The topological polar surface area (TPSA) is 92.1 Å². The van der Waals surface area contributed by atoms with E-state index < -0.39 is 5.41 Å². The van der Waals surface area contributed by atoms with E-state index >= 15 is 0 Å². The standard InChI is InChI=1S/C29H34N4O3/c30-18-22-10-11-26(31-19-22)32-27(34)21-33-16-12-23(13-17-33)25(20-33)36-28(35)29(14-6-1-2-7-15-29)24-8-4-3-5-9-24/h3-5,8-11,19,23,25H,1-2,6-7,12-17,20-21H2/p+1. The van der Waals surface area contributed by atoms with Gasteiger partial charge < -0.3 is 14.5 Å². The van der Waals surface area contributed by atoms with Gasteiger partial charge in [-0.25, -0.2) is 4.98 Å². The monoisotopic (exact) mass is 487 g/mol. The van der Waals surface area contributed by atoms with Crippen molar-refractivity contribution in [2.24, 2.45) is 5.92 Å². The number of carbonyl (C=O) groups is 2. The van der Waals surface area contributed by atoms with E-state index in [0.29, 0.717) is 34.9 Å². The molecule has 0 spiro atoms. The average molecular weight is 488 g/mol. The molecule has 1 N–H and O–H groups in total. The zero-order valence-electron chi connectivity index (χ0n) is 20.8. The van der Waals surface area contributed by atoms with Crippen LogP contribution in [0.2, 0.25) is 0 Å². The van der Waals surface area contributed by atoms with Gasteiger partial charge >= 0.3 is 5.97 Å². The summed E-state index contributed by atoms with van der Waals surface area (Å²) < 4.78 is 7.05. The number of benzene rings is 1. The lowest BCUT2D eigenvalue weighted by Gasteiger charge is -2.52. The molecule has 6 rings (SSSR count). The number of esters is 1. The third-order valence-electron chi connectivity index (χ3n) is 8.61. The minimum Gasteiger partial charge on any atom is -0.455 e. The molecule has 188 valence electrons. The van der Waals surface area contributed by atoms with Crippen molar-refractivity contribution in [3.63, 3.8) is 0 Å². The number of carbonyl (C=O) groups excluding carboxylic acids is 2. The number of hydrogen-bond acceptors (Lipinski definition) is 5. The summed E-state index contributed by atoms with van der Waals surface area (Å²) in [5.41, 5.74) is 0.976. The van der Waals surface area contributed by atoms with Crippen LogP contribution in [0.4, 0.5) is 5.82 Å². The molecule has 4 aliphatic rings. The molecule has 1 aliphatic carbocycles. The second kappa shape index (κ2) is 10.4. The third kappa shape index (κ3) is 5.01. The fraction of sp³-hybridized carbons (Fsp3) is 0.517. The summed E-state index contributed by atoms with van der Waals surface area (Å²) in [6.45, 7) is 2.88. The fourth-order valence-electron chi connectivity index (χ4n) is 6.55. The van der Waals surface area contributed by atoms with E-state index in [0.717, 1.165) is 70.0 Å². The highest BCUT2D eigenvalue weighted by Crippen LogP contribution is 2.42. The Hall–Kier alpha value is -3.24. The first kappa shape index (κ1) is 24.5. The Morgan fingerprint density at radius 3 is 2.42 bits per heavy atom. The second-order valence-corrected chi connectivity index (χ2v) is 10.9. The number of amides is 1. The number of hydrogen-bond donors (Lipinski definition) is 1. The number of aromatic nitrogens is 1. The first-order valence-electron chi connectivity index (χ1n) is 13.3. The van der Waals surface area contributed by atoms with Gasteiger partial charge in [0.25, 0.3) is 5.91 Å². The van der Waals surface area contributed by atoms with Crippen molar-refractivity contribution >= 4 is 17.7 Å². The zero-order chi connectivity index (χ0) is 25.0. The highest BCUT2D eigenvalue weighted by molar-refractivity contribution is 5.90. The van der Waals surface area contributed by atoms with Crippen molar-refractivity contribution in [2.45, 2.75) is 62.9 Å². The van der Waals surface area contributed by atoms with Crippen LogP contribution >= 0.6 is 0 Å². The van der Waals surface area contributed by atoms with E-state index in [1.807, 2.05) is 24.3 Å². The molecule has 1 saturated carbocycles. The number of quaternary nitrogens is 1. The largest absolute Gasteiger partial charge is 0.455 e. The summed E-state index contributed by atoms with van der Waals surface area (Å²) in [5, 5.41) is 11.8. The number of nitrogens with zero attached hydrogens (tertiary/aromatic N) is 3. The second-order valence-electron chi connectivity index (χ2n) is 10.9. The average Bonchev–Trinajstić information content (AvgIpc) is 3.17. The zero-order valence-corrected chi connectivity index (χ0v) is 20.8. The number of ether oxygens (including phenoxy) is 1. The van der Waals surface area contributed by atoms with Crippen molar-refractivity contribution in [3.05, 3.63) is 59.8 Å². The summed E-state index contributed by atoms with van der Waals surface area (Å²) in [5.74, 6) is 0.655. The lowest BCUT2D eigenvalue weighted by atomic mass is 9.74. The molecule has 4 heterocycles. The van der Waals surface area contributed by atoms with Gasteiger partial charge in [-0.05, 0) is 30.5 Å². The molecule has 1 aromatic heterocycles. The van der Waals surface area contributed by atoms with Crippen LogP contribution in [0.1, 0.15) is 62.5 Å². The third-order valence-corrected chi connectivity index (χ3v) is 8.61. The van der Waals surface area contributed by atoms with E-state index in [4.69, 9.17) is 10.00 Å². The Morgan fingerprint density at radius 1 is 1.06 bits per heavy atom. The minimum absolute atomic E-state index is 0.0706. The molecule has 36 heavy (non-hydrogen) atoms. The molecule has 1 amide bonds. The number of nitrogens with one attached hydrogen (secondary N) is 1. The number of anilines is 1. The van der Waals surface area contributed by atoms with Gasteiger partial charge in [0.15, 0.2) is 12.6 Å². The molecule has 1 unspecified atom stereocenters. The highest BCUT2D eigenvalue weighted by Gasteiger charge is 2.51. The van der Waals surface area contributed by atoms with Gasteiger partial charge in [-0.1, -0.05) is 56.0 Å². The Labute approximate surface area is 213 Å². The maximum atomic E-state index is 13.9. The van der Waals surface area contributed by atoms with Crippen LogP contribution in [0.25, 0.3) is 0 Å². The van der Waals surface area contributed by atoms with Crippen molar-refractivity contribution in [2.75, 3.05) is 31.5 Å². The molecule has 2 bridgehead atoms. The molecule has 2 aromatic rings. The van der Waals surface area contributed by atoms with Crippen molar-refractivity contribution in [1.29, 1.82) is 5.26 Å². The quantitative estimate of drug-likeness (QED) is 0.372. The van der Waals surface area contributed by atoms with Crippen molar-refractivity contribution < 1.29 is 18.8 Å². The minimum atomic E-state index is -0.562. The van der Waals surface area contributed by atoms with E-state index in [2.05, 4.69) is 22.4 Å². The van der Waals surface area contributed by atoms with Crippen LogP contribution < -0.4 is 5.32 Å². The first-order valence-corrected chi connectivity index (χ1v) is 13.3. The first-order chi connectivity index (χ1) is 17.5. The number of fused-ring (bicyclic) bond motifs is 3. The molecular formula is C29H35N4O3+. The number of rotatable bonds is 6. The fourth-order valence-corrected chi connectivity index (χ4v) is 6.55. The number of piperidine rings is 3. The molecular weight excluding hydrogens is 452 g/mol. The Kier molecular flexibility index (Phi) is 7.06. The summed E-state index contributed by atoms with van der Waals surface area (Å²) in [6.07, 6.45) is 9.35. The van der Waals surface area contributed by atoms with E-state index in [1.165, 1.54) is 6.20 Å². The van der Waals surface area contributed by atoms with E-state index in [9.17, 15) is 9.59 Å². The van der Waals surface area contributed by atoms with Gasteiger partial charge in [0.1, 0.15) is 18.4 Å². The highest BCUT2D eigenvalue weighted by atomic mass is 16.5. The van der Waals surface area contributed by atoms with E-state index in [-0.39, 0.29) is 18.0 Å². The van der Waals surface area contributed by atoms with Gasteiger partial charge in [0, 0.05) is 25.0 Å². The molecule has 1 atom stereocenters. The summed E-state index contributed by atoms with van der Waals surface area (Å²) in [4.78, 5) is 31.0.